The van der Waals surface area contributed by atoms with Crippen molar-refractivity contribution in [3.05, 3.63) is 0 Å². The van der Waals surface area contributed by atoms with Crippen molar-refractivity contribution in [2.24, 2.45) is 11.7 Å². The number of piperazine rings is 1. The monoisotopic (exact) mass is 422 g/mol. The molecule has 158 valence electrons. The number of carbonyl (C=O) groups excluding carboxylic acids is 2. The van der Waals surface area contributed by atoms with Gasteiger partial charge in [0.1, 0.15) is 0 Å². The van der Waals surface area contributed by atoms with Crippen molar-refractivity contribution in [1.29, 1.82) is 0 Å². The SMILES string of the molecule is CC1CCC(NC(=O)CN2CCN(C(=O)C3(N)CCCC3)CC2)CC1.Cl.Cl. The zero-order chi connectivity index (χ0) is 17.9. The van der Waals surface area contributed by atoms with Crippen LogP contribution in [0.4, 0.5) is 0 Å². The normalized spacial score (nSPS) is 28.0. The number of rotatable bonds is 4. The number of hydrogen-bond donors (Lipinski definition) is 2. The minimum Gasteiger partial charge on any atom is -0.352 e. The van der Waals surface area contributed by atoms with Crippen LogP contribution in [0.3, 0.4) is 0 Å². The third-order valence-electron chi connectivity index (χ3n) is 6.33. The van der Waals surface area contributed by atoms with Crippen LogP contribution in [0.2, 0.25) is 0 Å². The first-order valence-corrected chi connectivity index (χ1v) is 10.1. The molecule has 0 aromatic rings. The minimum atomic E-state index is -0.627. The van der Waals surface area contributed by atoms with E-state index in [1.807, 2.05) is 4.90 Å². The predicted octanol–water partition coefficient (Wildman–Crippen LogP) is 1.94. The Hall–Kier alpha value is -0.560. The average molecular weight is 423 g/mol. The molecule has 0 aromatic carbocycles. The molecule has 3 N–H and O–H groups in total. The maximum Gasteiger partial charge on any atom is 0.242 e. The Morgan fingerprint density at radius 2 is 1.56 bits per heavy atom. The molecule has 2 amide bonds. The van der Waals surface area contributed by atoms with Gasteiger partial charge in [0.2, 0.25) is 11.8 Å². The van der Waals surface area contributed by atoms with Gasteiger partial charge in [-0.05, 0) is 44.4 Å². The van der Waals surface area contributed by atoms with Gasteiger partial charge in [0.25, 0.3) is 0 Å². The van der Waals surface area contributed by atoms with E-state index in [0.29, 0.717) is 25.7 Å². The van der Waals surface area contributed by atoms with Crippen LogP contribution >= 0.6 is 24.8 Å². The Labute approximate surface area is 175 Å². The van der Waals surface area contributed by atoms with Crippen LogP contribution in [-0.4, -0.2) is 65.9 Å². The Kier molecular flexibility index (Phi) is 9.83. The number of amides is 2. The molecule has 6 nitrogen and oxygen atoms in total. The average Bonchev–Trinajstić information content (AvgIpc) is 3.05. The molecule has 3 aliphatic rings. The summed E-state index contributed by atoms with van der Waals surface area (Å²) >= 11 is 0. The lowest BCUT2D eigenvalue weighted by atomic mass is 9.87. The van der Waals surface area contributed by atoms with Crippen LogP contribution < -0.4 is 11.1 Å². The smallest absolute Gasteiger partial charge is 0.242 e. The van der Waals surface area contributed by atoms with Crippen molar-refractivity contribution in [3.8, 4) is 0 Å². The molecule has 0 aromatic heterocycles. The highest BCUT2D eigenvalue weighted by Crippen LogP contribution is 2.29. The Morgan fingerprint density at radius 1 is 1.00 bits per heavy atom. The van der Waals surface area contributed by atoms with Gasteiger partial charge >= 0.3 is 0 Å². The standard InChI is InChI=1S/C19H34N4O2.2ClH/c1-15-4-6-16(7-5-15)21-17(24)14-22-10-12-23(13-11-22)18(25)19(20)8-2-3-9-19;;/h15-16H,2-14,20H2,1H3,(H,21,24);2*1H. The van der Waals surface area contributed by atoms with Crippen molar-refractivity contribution in [2.75, 3.05) is 32.7 Å². The number of hydrogen-bond acceptors (Lipinski definition) is 4. The molecule has 1 aliphatic heterocycles. The first-order chi connectivity index (χ1) is 12.0. The van der Waals surface area contributed by atoms with E-state index in [0.717, 1.165) is 57.5 Å². The molecule has 0 unspecified atom stereocenters. The number of nitrogens with zero attached hydrogens (tertiary/aromatic N) is 2. The van der Waals surface area contributed by atoms with Crippen LogP contribution in [0.1, 0.15) is 58.3 Å². The molecule has 3 fully saturated rings. The lowest BCUT2D eigenvalue weighted by molar-refractivity contribution is -0.138. The van der Waals surface area contributed by atoms with Crippen molar-refractivity contribution >= 4 is 36.6 Å². The van der Waals surface area contributed by atoms with E-state index in [9.17, 15) is 9.59 Å². The maximum atomic E-state index is 12.6. The van der Waals surface area contributed by atoms with E-state index in [1.165, 1.54) is 12.8 Å². The van der Waals surface area contributed by atoms with Crippen molar-refractivity contribution in [2.45, 2.75) is 69.9 Å². The van der Waals surface area contributed by atoms with Crippen molar-refractivity contribution < 1.29 is 9.59 Å². The molecule has 2 aliphatic carbocycles. The molecule has 1 saturated heterocycles. The third kappa shape index (κ3) is 6.48. The molecular formula is C19H36Cl2N4O2. The molecule has 0 bridgehead atoms. The summed E-state index contributed by atoms with van der Waals surface area (Å²) in [6.45, 7) is 5.63. The highest BCUT2D eigenvalue weighted by atomic mass is 35.5. The molecule has 2 saturated carbocycles. The van der Waals surface area contributed by atoms with Gasteiger partial charge in [-0.3, -0.25) is 14.5 Å². The van der Waals surface area contributed by atoms with Gasteiger partial charge in [-0.2, -0.15) is 0 Å². The molecule has 1 heterocycles. The first-order valence-electron chi connectivity index (χ1n) is 10.1. The van der Waals surface area contributed by atoms with E-state index in [1.54, 1.807) is 0 Å². The molecule has 0 atom stereocenters. The highest BCUT2D eigenvalue weighted by molar-refractivity contribution is 5.86. The summed E-state index contributed by atoms with van der Waals surface area (Å²) in [4.78, 5) is 29.0. The van der Waals surface area contributed by atoms with Crippen LogP contribution in [0.15, 0.2) is 0 Å². The molecule has 0 radical (unpaired) electrons. The third-order valence-corrected chi connectivity index (χ3v) is 6.33. The number of halogens is 2. The fourth-order valence-electron chi connectivity index (χ4n) is 4.52. The second kappa shape index (κ2) is 10.8. The molecule has 8 heteroatoms. The maximum absolute atomic E-state index is 12.6. The fraction of sp³-hybridized carbons (Fsp3) is 0.895. The second-order valence-electron chi connectivity index (χ2n) is 8.46. The summed E-state index contributed by atoms with van der Waals surface area (Å²) in [5, 5.41) is 3.19. The van der Waals surface area contributed by atoms with E-state index >= 15 is 0 Å². The van der Waals surface area contributed by atoms with E-state index in [2.05, 4.69) is 17.1 Å². The van der Waals surface area contributed by atoms with Crippen LogP contribution in [-0.2, 0) is 9.59 Å². The summed E-state index contributed by atoms with van der Waals surface area (Å²) in [7, 11) is 0. The Balaban J connectivity index is 0.00000182. The molecular weight excluding hydrogens is 387 g/mol. The number of carbonyl (C=O) groups is 2. The summed E-state index contributed by atoms with van der Waals surface area (Å²) in [5.41, 5.74) is 5.67. The van der Waals surface area contributed by atoms with Crippen molar-refractivity contribution in [1.82, 2.24) is 15.1 Å². The quantitative estimate of drug-likeness (QED) is 0.725. The second-order valence-corrected chi connectivity index (χ2v) is 8.46. The lowest BCUT2D eigenvalue weighted by Crippen LogP contribution is -2.59. The van der Waals surface area contributed by atoms with Gasteiger partial charge < -0.3 is 16.0 Å². The number of nitrogens with one attached hydrogen (secondary N) is 1. The molecule has 0 spiro atoms. The summed E-state index contributed by atoms with van der Waals surface area (Å²) < 4.78 is 0. The minimum absolute atomic E-state index is 0. The largest absolute Gasteiger partial charge is 0.352 e. The Morgan fingerprint density at radius 3 is 2.11 bits per heavy atom. The lowest BCUT2D eigenvalue weighted by Gasteiger charge is -2.38. The Bertz CT molecular complexity index is 484. The fourth-order valence-corrected chi connectivity index (χ4v) is 4.52. The van der Waals surface area contributed by atoms with Crippen LogP contribution in [0.25, 0.3) is 0 Å². The highest BCUT2D eigenvalue weighted by Gasteiger charge is 2.40. The molecule has 27 heavy (non-hydrogen) atoms. The zero-order valence-electron chi connectivity index (χ0n) is 16.5. The van der Waals surface area contributed by atoms with Gasteiger partial charge in [-0.25, -0.2) is 0 Å². The van der Waals surface area contributed by atoms with E-state index in [4.69, 9.17) is 5.73 Å². The summed E-state index contributed by atoms with van der Waals surface area (Å²) in [6, 6.07) is 0.353. The summed E-state index contributed by atoms with van der Waals surface area (Å²) in [5.74, 6) is 1.04. The van der Waals surface area contributed by atoms with Gasteiger partial charge in [-0.1, -0.05) is 19.8 Å². The van der Waals surface area contributed by atoms with Gasteiger partial charge in [0, 0.05) is 32.2 Å². The molecule has 3 rings (SSSR count). The van der Waals surface area contributed by atoms with Gasteiger partial charge in [0.05, 0.1) is 12.1 Å². The topological polar surface area (TPSA) is 78.7 Å². The van der Waals surface area contributed by atoms with Crippen molar-refractivity contribution in [3.63, 3.8) is 0 Å². The van der Waals surface area contributed by atoms with Gasteiger partial charge in [-0.15, -0.1) is 24.8 Å². The number of nitrogens with two attached hydrogens (primary N) is 1. The summed E-state index contributed by atoms with van der Waals surface area (Å²) in [6.07, 6.45) is 8.38. The zero-order valence-corrected chi connectivity index (χ0v) is 18.1. The van der Waals surface area contributed by atoms with Crippen LogP contribution in [0, 0.1) is 5.92 Å². The van der Waals surface area contributed by atoms with Gasteiger partial charge in [0.15, 0.2) is 0 Å². The predicted molar refractivity (Wildman–Crippen MR) is 112 cm³/mol. The van der Waals surface area contributed by atoms with Crippen LogP contribution in [0.5, 0.6) is 0 Å². The van der Waals surface area contributed by atoms with E-state index in [-0.39, 0.29) is 36.6 Å². The first kappa shape index (κ1) is 24.5. The van der Waals surface area contributed by atoms with E-state index < -0.39 is 5.54 Å².